The van der Waals surface area contributed by atoms with Crippen molar-refractivity contribution in [2.75, 3.05) is 19.5 Å². The monoisotopic (exact) mass is 384 g/mol. The van der Waals surface area contributed by atoms with E-state index in [1.807, 2.05) is 5.32 Å². The van der Waals surface area contributed by atoms with Crippen LogP contribution in [0.5, 0.6) is 6.01 Å². The maximum Gasteiger partial charge on any atom is 0.339 e. The number of nitrogens with one attached hydrogen (secondary N) is 2. The first-order valence-corrected chi connectivity index (χ1v) is 8.32. The van der Waals surface area contributed by atoms with Crippen LogP contribution in [0, 0.1) is 6.92 Å². The molecule has 11 nitrogen and oxygen atoms in total. The molecule has 2 amide bonds. The lowest BCUT2D eigenvalue weighted by Crippen LogP contribution is -2.35. The lowest BCUT2D eigenvalue weighted by atomic mass is 10.2. The Balaban J connectivity index is 2.22. The number of amides is 2. The van der Waals surface area contributed by atoms with E-state index >= 15 is 0 Å². The first kappa shape index (κ1) is 15.0. The largest absolute Gasteiger partial charge is 0.467 e. The Morgan fingerprint density at radius 2 is 1.92 bits per heavy atom. The van der Waals surface area contributed by atoms with Crippen molar-refractivity contribution in [3.05, 3.63) is 35.7 Å². The van der Waals surface area contributed by atoms with Crippen molar-refractivity contribution < 1.29 is 31.6 Å². The van der Waals surface area contributed by atoms with Crippen LogP contribution in [-0.2, 0) is 14.8 Å². The van der Waals surface area contributed by atoms with Gasteiger partial charge in [-0.2, -0.15) is 15.0 Å². The molecule has 0 aliphatic heterocycles. The summed E-state index contributed by atoms with van der Waals surface area (Å²) < 4.78 is 56.8. The van der Waals surface area contributed by atoms with Gasteiger partial charge in [0.1, 0.15) is 10.7 Å². The molecule has 0 saturated heterocycles. The van der Waals surface area contributed by atoms with E-state index < -0.39 is 45.9 Å². The van der Waals surface area contributed by atoms with Crippen molar-refractivity contribution in [3.63, 3.8) is 0 Å². The maximum absolute atomic E-state index is 12.5. The van der Waals surface area contributed by atoms with Crippen LogP contribution in [0.15, 0.2) is 29.2 Å². The highest BCUT2D eigenvalue weighted by Gasteiger charge is 2.25. The van der Waals surface area contributed by atoms with Gasteiger partial charge in [0, 0.05) is 0 Å². The van der Waals surface area contributed by atoms with Gasteiger partial charge in [0.25, 0.3) is 10.0 Å². The van der Waals surface area contributed by atoms with Crippen molar-refractivity contribution >= 4 is 28.0 Å². The Hall–Kier alpha value is -3.28. The second-order valence-electron chi connectivity index (χ2n) is 4.64. The van der Waals surface area contributed by atoms with Crippen LogP contribution in [0.4, 0.5) is 10.7 Å². The Bertz CT molecular complexity index is 1040. The fourth-order valence-electron chi connectivity index (χ4n) is 1.84. The lowest BCUT2D eigenvalue weighted by Gasteiger charge is -2.11. The van der Waals surface area contributed by atoms with E-state index in [1.165, 1.54) is 25.1 Å². The van der Waals surface area contributed by atoms with Gasteiger partial charge in [-0.1, -0.05) is 12.1 Å². The van der Waals surface area contributed by atoms with Crippen LogP contribution < -0.4 is 14.8 Å². The first-order chi connectivity index (χ1) is 13.4. The number of carbonyl (C=O) groups excluding carboxylic acids is 2. The highest BCUT2D eigenvalue weighted by Crippen LogP contribution is 2.16. The molecule has 1 heterocycles. The van der Waals surface area contributed by atoms with E-state index in [4.69, 9.17) is 4.11 Å². The number of rotatable bonds is 5. The van der Waals surface area contributed by atoms with Crippen LogP contribution in [0.25, 0.3) is 0 Å². The van der Waals surface area contributed by atoms with E-state index in [9.17, 15) is 18.0 Å². The molecule has 2 N–H and O–H groups in total. The normalized spacial score (nSPS) is 12.9. The number of ether oxygens (including phenoxy) is 2. The smallest absolute Gasteiger partial charge is 0.339 e. The van der Waals surface area contributed by atoms with E-state index in [0.29, 0.717) is 0 Å². The molecule has 0 saturated carbocycles. The second-order valence-corrected chi connectivity index (χ2v) is 6.29. The van der Waals surface area contributed by atoms with Gasteiger partial charge in [-0.3, -0.25) is 5.32 Å². The Labute approximate surface area is 153 Å². The number of carbonyl (C=O) groups is 2. The van der Waals surface area contributed by atoms with Crippen molar-refractivity contribution in [1.29, 1.82) is 0 Å². The molecule has 0 atom stereocenters. The molecular formula is C14H15N5O6S. The number of hydrogen-bond donors (Lipinski definition) is 2. The predicted octanol–water partition coefficient (Wildman–Crippen LogP) is 0.486. The summed E-state index contributed by atoms with van der Waals surface area (Å²) in [4.78, 5) is 34.3. The number of esters is 1. The number of benzene rings is 1. The van der Waals surface area contributed by atoms with E-state index in [1.54, 1.807) is 4.72 Å². The van der Waals surface area contributed by atoms with Gasteiger partial charge < -0.3 is 9.47 Å². The van der Waals surface area contributed by atoms with Gasteiger partial charge >= 0.3 is 18.0 Å². The minimum Gasteiger partial charge on any atom is -0.467 e. The van der Waals surface area contributed by atoms with E-state index in [-0.39, 0.29) is 11.4 Å². The zero-order valence-corrected chi connectivity index (χ0v) is 14.3. The van der Waals surface area contributed by atoms with Crippen LogP contribution in [0.1, 0.15) is 20.3 Å². The number of aromatic nitrogens is 3. The van der Waals surface area contributed by atoms with Crippen molar-refractivity contribution in [3.8, 4) is 6.01 Å². The third kappa shape index (κ3) is 4.42. The summed E-state index contributed by atoms with van der Waals surface area (Å²) in [7, 11) is -6.23. The molecule has 0 fully saturated rings. The molecule has 2 aromatic rings. The van der Waals surface area contributed by atoms with Crippen molar-refractivity contribution in [2.24, 2.45) is 0 Å². The van der Waals surface area contributed by atoms with Crippen LogP contribution in [-0.4, -0.2) is 49.5 Å². The zero-order valence-electron chi connectivity index (χ0n) is 16.5. The summed E-state index contributed by atoms with van der Waals surface area (Å²) in [6, 6.07) is 3.24. The Kier molecular flexibility index (Phi) is 4.47. The summed E-state index contributed by atoms with van der Waals surface area (Å²) in [5.74, 6) is -1.36. The SMILES string of the molecule is [2H]C([2H])([2H])Oc1nc(C)nc(NC(=O)NS(=O)(=O)c2ccccc2C(=O)OC)n1. The number of urea groups is 1. The fraction of sp³-hybridized carbons (Fsp3) is 0.214. The summed E-state index contributed by atoms with van der Waals surface area (Å²) in [5, 5.41) is 2.03. The maximum atomic E-state index is 12.5. The van der Waals surface area contributed by atoms with Gasteiger partial charge in [-0.15, -0.1) is 0 Å². The number of anilines is 1. The molecule has 1 aromatic heterocycles. The number of aryl methyl sites for hydroxylation is 1. The average molecular weight is 384 g/mol. The summed E-state index contributed by atoms with van der Waals surface area (Å²) in [5.41, 5.74) is -0.278. The van der Waals surface area contributed by atoms with Crippen LogP contribution in [0.2, 0.25) is 0 Å². The average Bonchev–Trinajstić information content (AvgIpc) is 2.58. The summed E-state index contributed by atoms with van der Waals surface area (Å²) in [6.45, 7) is 1.38. The highest BCUT2D eigenvalue weighted by atomic mass is 32.2. The minimum atomic E-state index is -4.47. The molecule has 1 aromatic carbocycles. The predicted molar refractivity (Wildman–Crippen MR) is 88.2 cm³/mol. The highest BCUT2D eigenvalue weighted by molar-refractivity contribution is 7.90. The molecule has 0 bridgehead atoms. The molecular weight excluding hydrogens is 366 g/mol. The summed E-state index contributed by atoms with van der Waals surface area (Å²) in [6.07, 6.45) is 0. The first-order valence-electron chi connectivity index (χ1n) is 8.34. The molecule has 12 heteroatoms. The molecule has 26 heavy (non-hydrogen) atoms. The molecule has 138 valence electrons. The third-order valence-electron chi connectivity index (χ3n) is 2.85. The molecule has 0 spiro atoms. The number of nitrogens with zero attached hydrogens (tertiary/aromatic N) is 3. The molecule has 0 aliphatic carbocycles. The standard InChI is InChI=1S/C14H15N5O6S/c1-8-15-12(18-14(16-8)25-3)17-13(21)19-26(22,23)10-7-5-4-6-9(10)11(20)24-2/h4-7H,1-3H3,(H2,15,16,17,18,19,21)/i3D3. The topological polar surface area (TPSA) is 149 Å². The minimum absolute atomic E-state index is 0.00782. The van der Waals surface area contributed by atoms with Gasteiger partial charge in [-0.25, -0.2) is 22.7 Å². The summed E-state index contributed by atoms with van der Waals surface area (Å²) >= 11 is 0. The Morgan fingerprint density at radius 1 is 1.19 bits per heavy atom. The number of sulfonamides is 1. The number of methoxy groups -OCH3 is 2. The molecule has 2 rings (SSSR count). The quantitative estimate of drug-likeness (QED) is 0.702. The third-order valence-corrected chi connectivity index (χ3v) is 4.24. The van der Waals surface area contributed by atoms with Gasteiger partial charge in [0.05, 0.1) is 23.8 Å². The van der Waals surface area contributed by atoms with Crippen molar-refractivity contribution in [2.45, 2.75) is 11.8 Å². The van der Waals surface area contributed by atoms with Crippen molar-refractivity contribution in [1.82, 2.24) is 19.7 Å². The van der Waals surface area contributed by atoms with Gasteiger partial charge in [-0.05, 0) is 19.1 Å². The molecule has 0 unspecified atom stereocenters. The molecule has 0 radical (unpaired) electrons. The fourth-order valence-corrected chi connectivity index (χ4v) is 2.95. The van der Waals surface area contributed by atoms with Crippen LogP contribution >= 0.6 is 0 Å². The van der Waals surface area contributed by atoms with Gasteiger partial charge in [0.2, 0.25) is 5.95 Å². The Morgan fingerprint density at radius 3 is 2.62 bits per heavy atom. The van der Waals surface area contributed by atoms with Gasteiger partial charge in [0.15, 0.2) is 0 Å². The lowest BCUT2D eigenvalue weighted by molar-refractivity contribution is 0.0596. The molecule has 0 aliphatic rings. The zero-order chi connectivity index (χ0) is 21.8. The van der Waals surface area contributed by atoms with E-state index in [0.717, 1.165) is 13.2 Å². The second kappa shape index (κ2) is 7.74. The number of hydrogen-bond acceptors (Lipinski definition) is 9. The van der Waals surface area contributed by atoms with Crippen LogP contribution in [0.3, 0.4) is 0 Å². The van der Waals surface area contributed by atoms with E-state index in [2.05, 4.69) is 24.4 Å².